The molecule has 3 heterocycles. The number of carbonyl (C=O) groups is 1. The molecule has 4 aromatic rings. The van der Waals surface area contributed by atoms with Crippen molar-refractivity contribution >= 4 is 50.0 Å². The number of hydrogen-bond donors (Lipinski definition) is 1. The van der Waals surface area contributed by atoms with Crippen LogP contribution in [0.25, 0.3) is 21.1 Å². The first-order valence-corrected chi connectivity index (χ1v) is 12.7. The van der Waals surface area contributed by atoms with E-state index in [0.717, 1.165) is 46.1 Å². The van der Waals surface area contributed by atoms with E-state index in [2.05, 4.69) is 18.5 Å². The molecular weight excluding hydrogens is 438 g/mol. The number of rotatable bonds is 6. The summed E-state index contributed by atoms with van der Waals surface area (Å²) in [6, 6.07) is 7.83. The van der Waals surface area contributed by atoms with Gasteiger partial charge in [0.1, 0.15) is 4.83 Å². The fourth-order valence-corrected chi connectivity index (χ4v) is 6.95. The van der Waals surface area contributed by atoms with E-state index in [9.17, 15) is 9.59 Å². The Labute approximate surface area is 194 Å². The fourth-order valence-electron chi connectivity index (χ4n) is 4.64. The van der Waals surface area contributed by atoms with Gasteiger partial charge in [-0.15, -0.1) is 17.9 Å². The minimum atomic E-state index is -0.0137. The Morgan fingerprint density at radius 2 is 2.22 bits per heavy atom. The molecule has 0 bridgehead atoms. The largest absolute Gasteiger partial charge is 0.358 e. The van der Waals surface area contributed by atoms with E-state index >= 15 is 0 Å². The van der Waals surface area contributed by atoms with Crippen molar-refractivity contribution in [3.05, 3.63) is 69.0 Å². The van der Waals surface area contributed by atoms with E-state index < -0.39 is 0 Å². The maximum atomic E-state index is 13.4. The lowest BCUT2D eigenvalue weighted by molar-refractivity contribution is 0.102. The number of benzene rings is 1. The van der Waals surface area contributed by atoms with E-state index in [-0.39, 0.29) is 17.1 Å². The van der Waals surface area contributed by atoms with E-state index in [1.165, 1.54) is 22.2 Å². The lowest BCUT2D eigenvalue weighted by Crippen LogP contribution is -2.24. The summed E-state index contributed by atoms with van der Waals surface area (Å²) >= 11 is 2.97. The molecule has 5 nitrogen and oxygen atoms in total. The van der Waals surface area contributed by atoms with Crippen LogP contribution in [0.3, 0.4) is 0 Å². The first-order valence-electron chi connectivity index (χ1n) is 10.9. The lowest BCUT2D eigenvalue weighted by atomic mass is 9.89. The number of allylic oxidation sites excluding steroid dienone is 1. The predicted octanol–water partition coefficient (Wildman–Crippen LogP) is 5.53. The number of para-hydroxylation sites is 1. The number of Topliss-reactive ketones (excluding diaryl/α,β-unsaturated/α-hetero) is 1. The number of carbonyl (C=O) groups excluding carboxylic acids is 1. The maximum Gasteiger partial charge on any atom is 0.263 e. The van der Waals surface area contributed by atoms with Crippen molar-refractivity contribution in [2.24, 2.45) is 5.92 Å². The monoisotopic (exact) mass is 463 g/mol. The highest BCUT2D eigenvalue weighted by molar-refractivity contribution is 7.99. The van der Waals surface area contributed by atoms with Gasteiger partial charge >= 0.3 is 0 Å². The van der Waals surface area contributed by atoms with Crippen LogP contribution in [0.2, 0.25) is 0 Å². The average molecular weight is 464 g/mol. The molecule has 0 unspecified atom stereocenters. The fraction of sp³-hybridized carbons (Fsp3) is 0.320. The molecule has 5 rings (SSSR count). The van der Waals surface area contributed by atoms with E-state index in [1.54, 1.807) is 22.0 Å². The van der Waals surface area contributed by atoms with Crippen molar-refractivity contribution in [2.45, 2.75) is 44.8 Å². The summed E-state index contributed by atoms with van der Waals surface area (Å²) in [5.41, 5.74) is 3.71. The van der Waals surface area contributed by atoms with Gasteiger partial charge in [-0.05, 0) is 43.7 Å². The number of aryl methyl sites for hydroxylation is 2. The van der Waals surface area contributed by atoms with Crippen molar-refractivity contribution in [1.29, 1.82) is 0 Å². The van der Waals surface area contributed by atoms with Gasteiger partial charge in [0, 0.05) is 33.6 Å². The molecule has 1 N–H and O–H groups in total. The second-order valence-electron chi connectivity index (χ2n) is 8.51. The van der Waals surface area contributed by atoms with Crippen LogP contribution in [0.5, 0.6) is 0 Å². The third-order valence-corrected chi connectivity index (χ3v) is 8.32. The maximum absolute atomic E-state index is 13.4. The number of hydrogen-bond acceptors (Lipinski definition) is 5. The van der Waals surface area contributed by atoms with Gasteiger partial charge in [0.05, 0.1) is 11.1 Å². The van der Waals surface area contributed by atoms with Crippen molar-refractivity contribution < 1.29 is 4.79 Å². The number of nitrogens with zero attached hydrogens (tertiary/aromatic N) is 2. The molecule has 1 aliphatic rings. The summed E-state index contributed by atoms with van der Waals surface area (Å²) in [7, 11) is 0. The first-order chi connectivity index (χ1) is 15.5. The van der Waals surface area contributed by atoms with Crippen LogP contribution >= 0.6 is 23.1 Å². The Balaban J connectivity index is 1.51. The van der Waals surface area contributed by atoms with Crippen molar-refractivity contribution in [2.75, 3.05) is 5.75 Å². The lowest BCUT2D eigenvalue weighted by Gasteiger charge is -2.17. The van der Waals surface area contributed by atoms with E-state index in [1.807, 2.05) is 31.2 Å². The normalized spacial score (nSPS) is 15.9. The number of thiophene rings is 1. The second-order valence-corrected chi connectivity index (χ2v) is 10.5. The number of fused-ring (bicyclic) bond motifs is 4. The molecule has 0 radical (unpaired) electrons. The molecule has 3 aromatic heterocycles. The molecule has 7 heteroatoms. The number of H-pyrrole nitrogens is 1. The molecule has 0 fully saturated rings. The number of nitrogens with one attached hydrogen (secondary N) is 1. The molecule has 0 spiro atoms. The highest BCUT2D eigenvalue weighted by atomic mass is 32.2. The molecule has 32 heavy (non-hydrogen) atoms. The number of aromatic nitrogens is 3. The first kappa shape index (κ1) is 21.2. The Hall–Kier alpha value is -2.64. The van der Waals surface area contributed by atoms with Crippen molar-refractivity contribution in [1.82, 2.24) is 14.5 Å². The summed E-state index contributed by atoms with van der Waals surface area (Å²) in [4.78, 5) is 36.8. The van der Waals surface area contributed by atoms with Crippen LogP contribution in [0.4, 0.5) is 0 Å². The highest BCUT2D eigenvalue weighted by Gasteiger charge is 2.25. The van der Waals surface area contributed by atoms with Crippen LogP contribution in [0.15, 0.2) is 46.9 Å². The number of aromatic amines is 1. The zero-order chi connectivity index (χ0) is 22.4. The van der Waals surface area contributed by atoms with Crippen LogP contribution < -0.4 is 5.56 Å². The Morgan fingerprint density at radius 1 is 1.41 bits per heavy atom. The van der Waals surface area contributed by atoms with Gasteiger partial charge in [-0.2, -0.15) is 0 Å². The van der Waals surface area contributed by atoms with Gasteiger partial charge in [0.25, 0.3) is 5.56 Å². The third kappa shape index (κ3) is 3.53. The van der Waals surface area contributed by atoms with E-state index in [4.69, 9.17) is 4.98 Å². The van der Waals surface area contributed by atoms with Crippen LogP contribution in [-0.2, 0) is 19.4 Å². The molecule has 0 aliphatic heterocycles. The smallest absolute Gasteiger partial charge is 0.263 e. The molecule has 1 atom stereocenters. The van der Waals surface area contributed by atoms with Crippen LogP contribution in [0.1, 0.15) is 39.8 Å². The second kappa shape index (κ2) is 8.37. The molecule has 0 saturated heterocycles. The molecule has 1 aromatic carbocycles. The third-order valence-electron chi connectivity index (χ3n) is 6.20. The van der Waals surface area contributed by atoms with Gasteiger partial charge in [-0.1, -0.05) is 43.0 Å². The highest BCUT2D eigenvalue weighted by Crippen LogP contribution is 2.36. The van der Waals surface area contributed by atoms with Gasteiger partial charge < -0.3 is 4.98 Å². The number of thioether (sulfide) groups is 1. The van der Waals surface area contributed by atoms with Gasteiger partial charge in [0.2, 0.25) is 0 Å². The minimum absolute atomic E-state index is 0.0137. The molecule has 1 aliphatic carbocycles. The van der Waals surface area contributed by atoms with Crippen LogP contribution in [-0.4, -0.2) is 26.1 Å². The average Bonchev–Trinajstić information content (AvgIpc) is 3.30. The Bertz CT molecular complexity index is 1430. The SMILES string of the molecule is C=CCn1c(SCC(=O)c2c(C)[nH]c3ccccc23)nc2sc3c(c2c1=O)CC[C@@H](C)C3. The topological polar surface area (TPSA) is 67.8 Å². The standard InChI is InChI=1S/C25H25N3O2S2/c1-4-11-28-24(30)22-17-10-9-14(2)12-20(17)32-23(22)27-25(28)31-13-19(29)21-15(3)26-18-8-6-5-7-16(18)21/h4-8,14,26H,1,9-13H2,2-3H3/t14-/m1/s1. The van der Waals surface area contributed by atoms with Gasteiger partial charge in [-0.3, -0.25) is 14.2 Å². The minimum Gasteiger partial charge on any atom is -0.358 e. The summed E-state index contributed by atoms with van der Waals surface area (Å²) < 4.78 is 1.67. The Morgan fingerprint density at radius 3 is 3.03 bits per heavy atom. The summed E-state index contributed by atoms with van der Waals surface area (Å²) in [6.45, 7) is 8.38. The quantitative estimate of drug-likeness (QED) is 0.177. The molecule has 0 saturated carbocycles. The zero-order valence-corrected chi connectivity index (χ0v) is 19.9. The predicted molar refractivity (Wildman–Crippen MR) is 133 cm³/mol. The van der Waals surface area contributed by atoms with Crippen molar-refractivity contribution in [3.63, 3.8) is 0 Å². The summed E-state index contributed by atoms with van der Waals surface area (Å²) in [6.07, 6.45) is 4.77. The van der Waals surface area contributed by atoms with Crippen molar-refractivity contribution in [3.8, 4) is 0 Å². The molecular formula is C25H25N3O2S2. The van der Waals surface area contributed by atoms with Gasteiger partial charge in [-0.25, -0.2) is 4.98 Å². The summed E-state index contributed by atoms with van der Waals surface area (Å²) in [5, 5.41) is 2.28. The summed E-state index contributed by atoms with van der Waals surface area (Å²) in [5.74, 6) is 0.889. The Kier molecular flexibility index (Phi) is 5.55. The number of ketones is 1. The molecule has 0 amide bonds. The zero-order valence-electron chi connectivity index (χ0n) is 18.2. The van der Waals surface area contributed by atoms with E-state index in [0.29, 0.717) is 23.2 Å². The molecule has 164 valence electrons. The van der Waals surface area contributed by atoms with Gasteiger partial charge in [0.15, 0.2) is 10.9 Å². The van der Waals surface area contributed by atoms with Crippen LogP contribution in [0, 0.1) is 12.8 Å².